The SMILES string of the molecule is Cc1nnc2c3[c-]c([Se]c4[c-]c5c(cc4)c4ccncc4n5-c4cc(C(C)(C)C)ccn4)ccc3c3c(F)cccc3n12.[Pt+2]. The summed E-state index contributed by atoms with van der Waals surface area (Å²) in [6, 6.07) is 27.1. The van der Waals surface area contributed by atoms with Gasteiger partial charge in [-0.05, 0) is 0 Å². The maximum absolute atomic E-state index is 15.2. The summed E-state index contributed by atoms with van der Waals surface area (Å²) in [6.45, 7) is 8.50. The van der Waals surface area contributed by atoms with E-state index in [9.17, 15) is 0 Å². The second kappa shape index (κ2) is 10.6. The first-order valence-corrected chi connectivity index (χ1v) is 15.7. The molecule has 0 aliphatic rings. The molecule has 6 nitrogen and oxygen atoms in total. The fourth-order valence-electron chi connectivity index (χ4n) is 5.89. The fraction of sp³-hybridized carbons (Fsp3) is 0.143. The minimum absolute atomic E-state index is 0. The number of nitrogens with zero attached hydrogens (tertiary/aromatic N) is 6. The predicted octanol–water partition coefficient (Wildman–Crippen LogP) is 5.92. The monoisotopic (exact) mass is 823 g/mol. The second-order valence-electron chi connectivity index (χ2n) is 11.7. The molecule has 0 spiro atoms. The van der Waals surface area contributed by atoms with E-state index in [0.29, 0.717) is 16.9 Å². The summed E-state index contributed by atoms with van der Waals surface area (Å²) in [7, 11) is 0. The van der Waals surface area contributed by atoms with E-state index in [2.05, 4.69) is 76.9 Å². The number of halogens is 1. The summed E-state index contributed by atoms with van der Waals surface area (Å²) in [6.07, 6.45) is 5.60. The van der Waals surface area contributed by atoms with Gasteiger partial charge in [0.25, 0.3) is 0 Å². The Balaban J connectivity index is 0.00000312. The molecule has 0 atom stereocenters. The van der Waals surface area contributed by atoms with Gasteiger partial charge in [0, 0.05) is 0 Å². The van der Waals surface area contributed by atoms with Crippen molar-refractivity contribution in [1.82, 2.24) is 29.1 Å². The van der Waals surface area contributed by atoms with Crippen LogP contribution in [0, 0.1) is 24.9 Å². The predicted molar refractivity (Wildman–Crippen MR) is 170 cm³/mol. The molecule has 0 N–H and O–H groups in total. The molecule has 0 bridgehead atoms. The third-order valence-electron chi connectivity index (χ3n) is 7.98. The van der Waals surface area contributed by atoms with E-state index in [1.54, 1.807) is 6.07 Å². The maximum atomic E-state index is 15.2. The first kappa shape index (κ1) is 28.8. The summed E-state index contributed by atoms with van der Waals surface area (Å²) >= 11 is -0.126. The molecule has 218 valence electrons. The molecule has 5 heterocycles. The molecule has 0 amide bonds. The minimum Gasteiger partial charge on any atom is 2.00 e. The molecule has 5 aromatic heterocycles. The van der Waals surface area contributed by atoms with Crippen LogP contribution in [0.1, 0.15) is 32.2 Å². The molecule has 8 aromatic rings. The molecule has 3 aromatic carbocycles. The third kappa shape index (κ3) is 4.47. The Morgan fingerprint density at radius 1 is 0.841 bits per heavy atom. The summed E-state index contributed by atoms with van der Waals surface area (Å²) in [5, 5.41) is 13.1. The van der Waals surface area contributed by atoms with Crippen LogP contribution >= 0.6 is 0 Å². The van der Waals surface area contributed by atoms with Gasteiger partial charge in [-0.3, -0.25) is 0 Å². The Morgan fingerprint density at radius 3 is 2.45 bits per heavy atom. The van der Waals surface area contributed by atoms with Crippen molar-refractivity contribution < 1.29 is 25.5 Å². The zero-order valence-corrected chi connectivity index (χ0v) is 28.3. The van der Waals surface area contributed by atoms with Crippen molar-refractivity contribution in [3.8, 4) is 5.82 Å². The molecule has 0 aliphatic carbocycles. The summed E-state index contributed by atoms with van der Waals surface area (Å²) in [5.41, 5.74) is 4.59. The van der Waals surface area contributed by atoms with E-state index in [1.807, 2.05) is 54.2 Å². The molecular formula is C35H25FN6PtSe. The van der Waals surface area contributed by atoms with E-state index >= 15 is 4.39 Å². The van der Waals surface area contributed by atoms with Crippen molar-refractivity contribution in [3.63, 3.8) is 0 Å². The average molecular weight is 823 g/mol. The minimum atomic E-state index is -0.269. The Bertz CT molecular complexity index is 2410. The van der Waals surface area contributed by atoms with E-state index in [0.717, 1.165) is 52.8 Å². The van der Waals surface area contributed by atoms with Gasteiger partial charge in [-0.15, -0.1) is 0 Å². The Kier molecular flexibility index (Phi) is 6.93. The molecule has 0 unspecified atom stereocenters. The summed E-state index contributed by atoms with van der Waals surface area (Å²) in [4.78, 5) is 9.21. The van der Waals surface area contributed by atoms with Gasteiger partial charge >= 0.3 is 275 Å². The van der Waals surface area contributed by atoms with Gasteiger partial charge in [0.1, 0.15) is 0 Å². The Morgan fingerprint density at radius 2 is 1.64 bits per heavy atom. The van der Waals surface area contributed by atoms with Crippen molar-refractivity contribution in [2.45, 2.75) is 33.1 Å². The van der Waals surface area contributed by atoms with Crippen LogP contribution in [-0.2, 0) is 26.5 Å². The number of fused-ring (bicyclic) bond motifs is 9. The molecule has 0 aliphatic heterocycles. The van der Waals surface area contributed by atoms with Crippen LogP contribution in [0.3, 0.4) is 0 Å². The maximum Gasteiger partial charge on any atom is 2.00 e. The smallest absolute Gasteiger partial charge is 2.00 e. The number of aromatic nitrogens is 6. The zero-order chi connectivity index (χ0) is 29.5. The van der Waals surface area contributed by atoms with Crippen molar-refractivity contribution >= 4 is 73.0 Å². The van der Waals surface area contributed by atoms with Crippen LogP contribution in [0.15, 0.2) is 79.3 Å². The molecule has 0 saturated heterocycles. The molecule has 0 radical (unpaired) electrons. The van der Waals surface area contributed by atoms with Crippen LogP contribution in [-0.4, -0.2) is 44.1 Å². The van der Waals surface area contributed by atoms with Crippen molar-refractivity contribution in [1.29, 1.82) is 0 Å². The normalized spacial score (nSPS) is 12.1. The number of hydrogen-bond acceptors (Lipinski definition) is 4. The Hall–Kier alpha value is -3.96. The first-order chi connectivity index (χ1) is 20.8. The number of rotatable bonds is 3. The van der Waals surface area contributed by atoms with Gasteiger partial charge in [0.2, 0.25) is 0 Å². The van der Waals surface area contributed by atoms with Gasteiger partial charge < -0.3 is 0 Å². The molecule has 44 heavy (non-hydrogen) atoms. The van der Waals surface area contributed by atoms with Crippen LogP contribution in [0.2, 0.25) is 0 Å². The zero-order valence-electron chi connectivity index (χ0n) is 24.3. The van der Waals surface area contributed by atoms with Crippen molar-refractivity contribution in [2.24, 2.45) is 0 Å². The number of benzene rings is 3. The van der Waals surface area contributed by atoms with E-state index in [-0.39, 0.29) is 47.3 Å². The van der Waals surface area contributed by atoms with Crippen LogP contribution < -0.4 is 8.92 Å². The number of aryl methyl sites for hydroxylation is 1. The van der Waals surface area contributed by atoms with Gasteiger partial charge in [0.15, 0.2) is 0 Å². The van der Waals surface area contributed by atoms with Crippen LogP contribution in [0.25, 0.3) is 54.9 Å². The van der Waals surface area contributed by atoms with Gasteiger partial charge in [-0.2, -0.15) is 0 Å². The Labute approximate surface area is 273 Å². The van der Waals surface area contributed by atoms with Crippen LogP contribution in [0.4, 0.5) is 4.39 Å². The van der Waals surface area contributed by atoms with Gasteiger partial charge in [-0.25, -0.2) is 0 Å². The number of pyridine rings is 3. The molecule has 8 rings (SSSR count). The summed E-state index contributed by atoms with van der Waals surface area (Å²) in [5.74, 6) is 1.29. The van der Waals surface area contributed by atoms with E-state index in [4.69, 9.17) is 4.98 Å². The second-order valence-corrected chi connectivity index (χ2v) is 14.0. The van der Waals surface area contributed by atoms with Crippen LogP contribution in [0.5, 0.6) is 0 Å². The molecule has 0 saturated carbocycles. The third-order valence-corrected chi connectivity index (χ3v) is 9.90. The quantitative estimate of drug-likeness (QED) is 0.126. The first-order valence-electron chi connectivity index (χ1n) is 14.0. The average Bonchev–Trinajstić information content (AvgIpc) is 3.55. The standard InChI is InChI=1S/C35H25FN6Se.Pt/c1-20-39-40-34-27-17-22(9-11-26(27)33-28(36)6-5-7-29(33)41(20)34)43-23-8-10-24-25-13-14-37-19-31(25)42(30(24)18-23)32-16-21(12-15-38-32)35(2,3)4;/h5-16,19H,1-4H3;/q-2;+2. The largest absolute Gasteiger partial charge is 2.00 e. The topological polar surface area (TPSA) is 60.9 Å². The van der Waals surface area contributed by atoms with E-state index in [1.165, 1.54) is 11.6 Å². The number of hydrogen-bond donors (Lipinski definition) is 0. The van der Waals surface area contributed by atoms with Crippen molar-refractivity contribution in [2.75, 3.05) is 0 Å². The fourth-order valence-corrected chi connectivity index (χ4v) is 7.59. The van der Waals surface area contributed by atoms with Gasteiger partial charge in [-0.1, -0.05) is 0 Å². The molecule has 0 fully saturated rings. The van der Waals surface area contributed by atoms with Crippen molar-refractivity contribution in [3.05, 3.63) is 109 Å². The van der Waals surface area contributed by atoms with E-state index < -0.39 is 0 Å². The molecule has 9 heteroatoms. The molecular weight excluding hydrogens is 797 g/mol. The van der Waals surface area contributed by atoms with Gasteiger partial charge in [0.05, 0.1) is 0 Å². The summed E-state index contributed by atoms with van der Waals surface area (Å²) < 4.78 is 21.3.